The Morgan fingerprint density at radius 2 is 2.00 bits per heavy atom. The lowest BCUT2D eigenvalue weighted by atomic mass is 9.59. The first-order valence-electron chi connectivity index (χ1n) is 3.78. The number of methoxy groups -OCH3 is 1. The van der Waals surface area contributed by atoms with E-state index < -0.39 is 23.2 Å². The molecule has 0 heterocycles. The molecule has 70 valence electrons. The van der Waals surface area contributed by atoms with Gasteiger partial charge in [-0.1, -0.05) is 13.8 Å². The first-order valence-corrected chi connectivity index (χ1v) is 3.78. The Hall–Kier alpha value is -0.670. The van der Waals surface area contributed by atoms with Crippen LogP contribution in [0.15, 0.2) is 0 Å². The number of carbonyl (C=O) groups excluding carboxylic acids is 1. The molecule has 1 saturated carbocycles. The van der Waals surface area contributed by atoms with Gasteiger partial charge in [-0.15, -0.1) is 0 Å². The first-order chi connectivity index (χ1) is 5.33. The Morgan fingerprint density at radius 1 is 1.50 bits per heavy atom. The average Bonchev–Trinajstić information content (AvgIpc) is 1.99. The number of halogens is 2. The fourth-order valence-corrected chi connectivity index (χ4v) is 1.42. The van der Waals surface area contributed by atoms with Crippen LogP contribution in [0.25, 0.3) is 0 Å². The summed E-state index contributed by atoms with van der Waals surface area (Å²) in [5.41, 5.74) is -1.25. The van der Waals surface area contributed by atoms with Gasteiger partial charge in [-0.05, 0) is 0 Å². The largest absolute Gasteiger partial charge is 0.469 e. The molecule has 1 aliphatic carbocycles. The number of hydrogen-bond donors (Lipinski definition) is 0. The van der Waals surface area contributed by atoms with Crippen LogP contribution in [-0.2, 0) is 9.53 Å². The predicted molar refractivity (Wildman–Crippen MR) is 38.9 cm³/mol. The molecule has 0 saturated heterocycles. The summed E-state index contributed by atoms with van der Waals surface area (Å²) in [6, 6.07) is 0. The predicted octanol–water partition coefficient (Wildman–Crippen LogP) is 1.84. The van der Waals surface area contributed by atoms with Gasteiger partial charge in [0.15, 0.2) is 0 Å². The van der Waals surface area contributed by atoms with Crippen LogP contribution in [-0.4, -0.2) is 19.0 Å². The highest BCUT2D eigenvalue weighted by Crippen LogP contribution is 2.57. The van der Waals surface area contributed by atoms with Gasteiger partial charge >= 0.3 is 5.97 Å². The van der Waals surface area contributed by atoms with Gasteiger partial charge < -0.3 is 4.74 Å². The Labute approximate surface area is 69.9 Å². The lowest BCUT2D eigenvalue weighted by molar-refractivity contribution is -0.233. The van der Waals surface area contributed by atoms with E-state index in [0.717, 1.165) is 0 Å². The van der Waals surface area contributed by atoms with Crippen molar-refractivity contribution >= 4 is 5.97 Å². The second-order valence-electron chi connectivity index (χ2n) is 3.71. The van der Waals surface area contributed by atoms with E-state index in [1.807, 2.05) is 0 Å². The normalized spacial score (nSPS) is 30.6. The third-order valence-electron chi connectivity index (χ3n) is 2.76. The van der Waals surface area contributed by atoms with E-state index >= 15 is 0 Å². The van der Waals surface area contributed by atoms with Crippen LogP contribution >= 0.6 is 0 Å². The van der Waals surface area contributed by atoms with Crippen molar-refractivity contribution in [2.24, 2.45) is 11.3 Å². The lowest BCUT2D eigenvalue weighted by Gasteiger charge is -2.49. The molecular weight excluding hydrogens is 166 g/mol. The molecule has 0 aromatic carbocycles. The summed E-state index contributed by atoms with van der Waals surface area (Å²) in [7, 11) is 1.22. The summed E-state index contributed by atoms with van der Waals surface area (Å²) < 4.78 is 30.1. The molecule has 1 aliphatic rings. The molecule has 0 aliphatic heterocycles. The van der Waals surface area contributed by atoms with Crippen molar-refractivity contribution in [3.8, 4) is 0 Å². The van der Waals surface area contributed by atoms with Gasteiger partial charge in [0.25, 0.3) is 5.92 Å². The number of carbonyl (C=O) groups is 1. The van der Waals surface area contributed by atoms with Crippen LogP contribution in [0.2, 0.25) is 0 Å². The second kappa shape index (κ2) is 2.41. The molecule has 0 spiro atoms. The van der Waals surface area contributed by atoms with Crippen molar-refractivity contribution in [2.75, 3.05) is 7.11 Å². The zero-order valence-corrected chi connectivity index (χ0v) is 7.36. The number of alkyl halides is 2. The summed E-state index contributed by atoms with van der Waals surface area (Å²) in [5.74, 6) is -3.92. The number of hydrogen-bond acceptors (Lipinski definition) is 2. The fourth-order valence-electron chi connectivity index (χ4n) is 1.42. The van der Waals surface area contributed by atoms with Gasteiger partial charge in [-0.3, -0.25) is 4.79 Å². The molecule has 0 bridgehead atoms. The van der Waals surface area contributed by atoms with E-state index in [1.54, 1.807) is 0 Å². The molecule has 0 radical (unpaired) electrons. The molecule has 2 nitrogen and oxygen atoms in total. The summed E-state index contributed by atoms with van der Waals surface area (Å²) in [5, 5.41) is 0. The standard InChI is InChI=1S/C8H12F2O2/c1-7(2)5(6(11)12-3)4-8(7,9)10/h5H,4H2,1-3H3. The average molecular weight is 178 g/mol. The molecule has 0 aromatic rings. The van der Waals surface area contributed by atoms with E-state index in [0.29, 0.717) is 0 Å². The second-order valence-corrected chi connectivity index (χ2v) is 3.71. The molecule has 1 unspecified atom stereocenters. The van der Waals surface area contributed by atoms with Gasteiger partial charge in [0.1, 0.15) is 0 Å². The van der Waals surface area contributed by atoms with Crippen molar-refractivity contribution < 1.29 is 18.3 Å². The summed E-state index contributed by atoms with van der Waals surface area (Å²) in [6.45, 7) is 2.77. The maximum Gasteiger partial charge on any atom is 0.309 e. The van der Waals surface area contributed by atoms with Crippen LogP contribution in [0.1, 0.15) is 20.3 Å². The topological polar surface area (TPSA) is 26.3 Å². The lowest BCUT2D eigenvalue weighted by Crippen LogP contribution is -2.57. The molecule has 0 aromatic heterocycles. The van der Waals surface area contributed by atoms with Gasteiger partial charge in [0, 0.05) is 11.8 Å². The first kappa shape index (κ1) is 9.42. The summed E-state index contributed by atoms with van der Waals surface area (Å²) in [6.07, 6.45) is -0.382. The Morgan fingerprint density at radius 3 is 2.25 bits per heavy atom. The van der Waals surface area contributed by atoms with Crippen molar-refractivity contribution in [3.63, 3.8) is 0 Å². The summed E-state index contributed by atoms with van der Waals surface area (Å²) >= 11 is 0. The fraction of sp³-hybridized carbons (Fsp3) is 0.875. The minimum absolute atomic E-state index is 0.382. The van der Waals surface area contributed by atoms with Crippen molar-refractivity contribution in [2.45, 2.75) is 26.2 Å². The highest BCUT2D eigenvalue weighted by atomic mass is 19.3. The maximum atomic E-state index is 12.9. The highest BCUT2D eigenvalue weighted by Gasteiger charge is 2.65. The van der Waals surface area contributed by atoms with Crippen molar-refractivity contribution in [1.82, 2.24) is 0 Å². The Bertz CT molecular complexity index is 211. The zero-order valence-electron chi connectivity index (χ0n) is 7.36. The molecule has 12 heavy (non-hydrogen) atoms. The minimum Gasteiger partial charge on any atom is -0.469 e. The Balaban J connectivity index is 2.72. The minimum atomic E-state index is -2.73. The zero-order chi connectivity index (χ0) is 9.57. The van der Waals surface area contributed by atoms with Crippen molar-refractivity contribution in [1.29, 1.82) is 0 Å². The third kappa shape index (κ3) is 1.01. The molecule has 0 N–H and O–H groups in total. The van der Waals surface area contributed by atoms with Crippen LogP contribution < -0.4 is 0 Å². The van der Waals surface area contributed by atoms with Crippen molar-refractivity contribution in [3.05, 3.63) is 0 Å². The smallest absolute Gasteiger partial charge is 0.309 e. The van der Waals surface area contributed by atoms with Crippen LogP contribution in [0.3, 0.4) is 0 Å². The molecule has 1 rings (SSSR count). The third-order valence-corrected chi connectivity index (χ3v) is 2.76. The summed E-state index contributed by atoms with van der Waals surface area (Å²) in [4.78, 5) is 10.9. The Kier molecular flexibility index (Phi) is 1.89. The quantitative estimate of drug-likeness (QED) is 0.573. The maximum absolute atomic E-state index is 12.9. The van der Waals surface area contributed by atoms with E-state index in [9.17, 15) is 13.6 Å². The van der Waals surface area contributed by atoms with Crippen LogP contribution in [0.4, 0.5) is 8.78 Å². The number of ether oxygens (including phenoxy) is 1. The SMILES string of the molecule is COC(=O)C1CC(F)(F)C1(C)C. The van der Waals surface area contributed by atoms with E-state index in [1.165, 1.54) is 21.0 Å². The number of esters is 1. The van der Waals surface area contributed by atoms with Crippen LogP contribution in [0, 0.1) is 11.3 Å². The molecule has 0 amide bonds. The monoisotopic (exact) mass is 178 g/mol. The number of rotatable bonds is 1. The van der Waals surface area contributed by atoms with E-state index in [4.69, 9.17) is 0 Å². The van der Waals surface area contributed by atoms with Gasteiger partial charge in [-0.2, -0.15) is 0 Å². The highest BCUT2D eigenvalue weighted by molar-refractivity contribution is 5.75. The molecule has 1 fully saturated rings. The molecular formula is C8H12F2O2. The molecule has 4 heteroatoms. The van der Waals surface area contributed by atoms with Crippen LogP contribution in [0.5, 0.6) is 0 Å². The van der Waals surface area contributed by atoms with Gasteiger partial charge in [0.05, 0.1) is 13.0 Å². The van der Waals surface area contributed by atoms with E-state index in [2.05, 4.69) is 4.74 Å². The van der Waals surface area contributed by atoms with Gasteiger partial charge in [0.2, 0.25) is 0 Å². The van der Waals surface area contributed by atoms with Gasteiger partial charge in [-0.25, -0.2) is 8.78 Å². The van der Waals surface area contributed by atoms with E-state index in [-0.39, 0.29) is 6.42 Å². The molecule has 1 atom stereocenters.